The smallest absolute Gasteiger partial charge is 0.303 e. The molecule has 0 aliphatic rings. The third-order valence-electron chi connectivity index (χ3n) is 5.45. The number of amides is 1. The molecule has 31 heavy (non-hydrogen) atoms. The van der Waals surface area contributed by atoms with Crippen LogP contribution in [0, 0.1) is 0 Å². The molecule has 0 fully saturated rings. The Balaban J connectivity index is 0. The van der Waals surface area contributed by atoms with E-state index in [1.807, 2.05) is 0 Å². The molecule has 0 bridgehead atoms. The van der Waals surface area contributed by atoms with Gasteiger partial charge in [0.25, 0.3) is 0 Å². The number of aliphatic carboxylic acids is 1. The molecule has 0 atom stereocenters. The first-order chi connectivity index (χ1) is 15.0. The predicted molar refractivity (Wildman–Crippen MR) is 133 cm³/mol. The molecule has 0 rings (SSSR count). The molecule has 0 radical (unpaired) electrons. The number of hydrogen-bond acceptors (Lipinski definition) is 3. The van der Waals surface area contributed by atoms with E-state index in [4.69, 9.17) is 10.8 Å². The normalized spacial score (nSPS) is 10.7. The Labute approximate surface area is 193 Å². The van der Waals surface area contributed by atoms with Crippen molar-refractivity contribution < 1.29 is 14.7 Å². The summed E-state index contributed by atoms with van der Waals surface area (Å²) in [5.41, 5.74) is 5.07. The van der Waals surface area contributed by atoms with Crippen molar-refractivity contribution in [2.24, 2.45) is 5.73 Å². The number of carboxylic acids is 1. The van der Waals surface area contributed by atoms with E-state index in [1.165, 1.54) is 83.5 Å². The number of rotatable bonds is 22. The fraction of sp³-hybridized carbons (Fsp3) is 0.923. The quantitative estimate of drug-likeness (QED) is 0.178. The lowest BCUT2D eigenvalue weighted by atomic mass is 10.0. The molecule has 0 aliphatic carbocycles. The summed E-state index contributed by atoms with van der Waals surface area (Å²) in [6.45, 7) is 8.81. The van der Waals surface area contributed by atoms with E-state index in [0.717, 1.165) is 38.8 Å². The van der Waals surface area contributed by atoms with Crippen LogP contribution in [0.3, 0.4) is 0 Å². The molecule has 0 saturated heterocycles. The monoisotopic (exact) mass is 442 g/mol. The summed E-state index contributed by atoms with van der Waals surface area (Å²) in [6.07, 6.45) is 22.4. The number of primary amides is 1. The Hall–Kier alpha value is -1.10. The molecule has 0 saturated carbocycles. The van der Waals surface area contributed by atoms with Gasteiger partial charge in [0.2, 0.25) is 5.91 Å². The highest BCUT2D eigenvalue weighted by atomic mass is 16.4. The summed E-state index contributed by atoms with van der Waals surface area (Å²) in [5.74, 6) is -0.883. The van der Waals surface area contributed by atoms with Crippen LogP contribution in [0.5, 0.6) is 0 Å². The van der Waals surface area contributed by atoms with Crippen molar-refractivity contribution in [3.05, 3.63) is 0 Å². The van der Waals surface area contributed by atoms with Crippen LogP contribution in [0.15, 0.2) is 0 Å². The Kier molecular flexibility index (Phi) is 27.9. The van der Waals surface area contributed by atoms with Gasteiger partial charge < -0.3 is 10.8 Å². The highest BCUT2D eigenvalue weighted by Crippen LogP contribution is 2.13. The number of nitrogens with two attached hydrogens (primary N) is 1. The molecule has 1 amide bonds. The fourth-order valence-electron chi connectivity index (χ4n) is 3.77. The molecule has 0 aliphatic heterocycles. The minimum Gasteiger partial charge on any atom is -0.481 e. The van der Waals surface area contributed by atoms with E-state index in [1.54, 1.807) is 0 Å². The van der Waals surface area contributed by atoms with Crippen LogP contribution in [0.25, 0.3) is 0 Å². The minimum atomic E-state index is -0.653. The minimum absolute atomic E-state index is 0.230. The van der Waals surface area contributed by atoms with Crippen LogP contribution in [0.2, 0.25) is 0 Å². The van der Waals surface area contributed by atoms with Crippen LogP contribution >= 0.6 is 0 Å². The topological polar surface area (TPSA) is 83.6 Å². The standard InChI is InChI=1S/C18H36O2.C8H18N2O/c1-2-3-4-5-6-7-8-9-10-11-12-13-14-15-16-17-18(19)20;1-3-5-10(6-4-2)7-8(9)11/h2-17H2,1H3,(H,19,20);3-7H2,1-2H3,(H2,9,11). The lowest BCUT2D eigenvalue weighted by Crippen LogP contribution is -2.34. The van der Waals surface area contributed by atoms with Crippen LogP contribution in [0.1, 0.15) is 136 Å². The summed E-state index contributed by atoms with van der Waals surface area (Å²) in [6, 6.07) is 0. The van der Waals surface area contributed by atoms with E-state index >= 15 is 0 Å². The number of carboxylic acid groups (broad SMARTS) is 1. The van der Waals surface area contributed by atoms with Crippen molar-refractivity contribution in [1.82, 2.24) is 4.90 Å². The average molecular weight is 443 g/mol. The molecule has 0 aromatic rings. The lowest BCUT2D eigenvalue weighted by molar-refractivity contribution is -0.137. The molecule has 3 N–H and O–H groups in total. The molecular formula is C26H54N2O3. The SMILES string of the molecule is CCCCCCCCCCCCCCCCCC(=O)O.CCCN(CCC)CC(N)=O. The molecule has 0 aromatic heterocycles. The maximum atomic E-state index is 10.5. The zero-order valence-corrected chi connectivity index (χ0v) is 21.1. The largest absolute Gasteiger partial charge is 0.481 e. The molecule has 0 aromatic carbocycles. The average Bonchev–Trinajstić information content (AvgIpc) is 2.71. The molecule has 0 spiro atoms. The van der Waals surface area contributed by atoms with Crippen LogP contribution in [-0.2, 0) is 9.59 Å². The maximum absolute atomic E-state index is 10.5. The molecular weight excluding hydrogens is 388 g/mol. The van der Waals surface area contributed by atoms with Crippen molar-refractivity contribution >= 4 is 11.9 Å². The van der Waals surface area contributed by atoms with Crippen molar-refractivity contribution in [3.63, 3.8) is 0 Å². The number of nitrogens with zero attached hydrogens (tertiary/aromatic N) is 1. The van der Waals surface area contributed by atoms with Gasteiger partial charge in [-0.3, -0.25) is 14.5 Å². The van der Waals surface area contributed by atoms with Gasteiger partial charge in [0.15, 0.2) is 0 Å². The second kappa shape index (κ2) is 26.9. The molecule has 0 heterocycles. The van der Waals surface area contributed by atoms with Gasteiger partial charge in [-0.05, 0) is 32.4 Å². The van der Waals surface area contributed by atoms with Crippen molar-refractivity contribution in [3.8, 4) is 0 Å². The van der Waals surface area contributed by atoms with Crippen LogP contribution < -0.4 is 5.73 Å². The first-order valence-corrected chi connectivity index (χ1v) is 13.2. The van der Waals surface area contributed by atoms with Gasteiger partial charge in [-0.1, -0.05) is 111 Å². The van der Waals surface area contributed by atoms with E-state index in [0.29, 0.717) is 13.0 Å². The molecule has 0 unspecified atom stereocenters. The van der Waals surface area contributed by atoms with Gasteiger partial charge >= 0.3 is 5.97 Å². The summed E-state index contributed by atoms with van der Waals surface area (Å²) in [7, 11) is 0. The van der Waals surface area contributed by atoms with Crippen molar-refractivity contribution in [1.29, 1.82) is 0 Å². The second-order valence-corrected chi connectivity index (χ2v) is 8.84. The summed E-state index contributed by atoms with van der Waals surface area (Å²) < 4.78 is 0. The Bertz CT molecular complexity index is 383. The zero-order valence-electron chi connectivity index (χ0n) is 21.1. The van der Waals surface area contributed by atoms with Crippen LogP contribution in [0.4, 0.5) is 0 Å². The Morgan fingerprint density at radius 1 is 0.613 bits per heavy atom. The van der Waals surface area contributed by atoms with E-state index in [2.05, 4.69) is 25.7 Å². The van der Waals surface area contributed by atoms with E-state index in [-0.39, 0.29) is 5.91 Å². The lowest BCUT2D eigenvalue weighted by Gasteiger charge is -2.18. The first kappa shape index (κ1) is 32.1. The zero-order chi connectivity index (χ0) is 23.6. The van der Waals surface area contributed by atoms with Gasteiger partial charge in [0, 0.05) is 6.42 Å². The highest BCUT2D eigenvalue weighted by Gasteiger charge is 2.04. The molecule has 5 heteroatoms. The summed E-state index contributed by atoms with van der Waals surface area (Å²) >= 11 is 0. The van der Waals surface area contributed by atoms with Gasteiger partial charge in [0.1, 0.15) is 0 Å². The molecule has 186 valence electrons. The number of unbranched alkanes of at least 4 members (excludes halogenated alkanes) is 14. The maximum Gasteiger partial charge on any atom is 0.303 e. The third kappa shape index (κ3) is 31.2. The van der Waals surface area contributed by atoms with E-state index < -0.39 is 5.97 Å². The fourth-order valence-corrected chi connectivity index (χ4v) is 3.77. The number of carbonyl (C=O) groups excluding carboxylic acids is 1. The summed E-state index contributed by atoms with van der Waals surface area (Å²) in [4.78, 5) is 23.0. The third-order valence-corrected chi connectivity index (χ3v) is 5.45. The van der Waals surface area contributed by atoms with Crippen LogP contribution in [-0.4, -0.2) is 41.5 Å². The number of hydrogen-bond donors (Lipinski definition) is 2. The van der Waals surface area contributed by atoms with Gasteiger partial charge in [-0.15, -0.1) is 0 Å². The Morgan fingerprint density at radius 2 is 0.968 bits per heavy atom. The van der Waals surface area contributed by atoms with E-state index in [9.17, 15) is 9.59 Å². The first-order valence-electron chi connectivity index (χ1n) is 13.2. The van der Waals surface area contributed by atoms with Crippen molar-refractivity contribution in [2.45, 2.75) is 136 Å². The molecule has 5 nitrogen and oxygen atoms in total. The predicted octanol–water partition coefficient (Wildman–Crippen LogP) is 6.93. The van der Waals surface area contributed by atoms with Crippen molar-refractivity contribution in [2.75, 3.05) is 19.6 Å². The summed E-state index contributed by atoms with van der Waals surface area (Å²) in [5, 5.41) is 8.52. The van der Waals surface area contributed by atoms with Gasteiger partial charge in [-0.25, -0.2) is 0 Å². The van der Waals surface area contributed by atoms with Gasteiger partial charge in [-0.2, -0.15) is 0 Å². The van der Waals surface area contributed by atoms with Gasteiger partial charge in [0.05, 0.1) is 6.54 Å². The Morgan fingerprint density at radius 3 is 1.26 bits per heavy atom. The highest BCUT2D eigenvalue weighted by molar-refractivity contribution is 5.75. The number of carbonyl (C=O) groups is 2. The second-order valence-electron chi connectivity index (χ2n) is 8.84.